The fourth-order valence-electron chi connectivity index (χ4n) is 6.74. The first-order valence-electron chi connectivity index (χ1n) is 10.8. The first kappa shape index (κ1) is 16.8. The van der Waals surface area contributed by atoms with E-state index in [1.165, 1.54) is 19.3 Å². The summed E-state index contributed by atoms with van der Waals surface area (Å²) < 4.78 is 7.54. The van der Waals surface area contributed by atoms with Crippen LogP contribution in [0, 0.1) is 17.8 Å². The van der Waals surface area contributed by atoms with Gasteiger partial charge >= 0.3 is 0 Å². The number of nitrogens with one attached hydrogen (secondary N) is 1. The molecule has 0 aromatic carbocycles. The minimum atomic E-state index is 0.00478. The monoisotopic (exact) mass is 380 g/mol. The molecular formula is C22H28N4O2. The van der Waals surface area contributed by atoms with E-state index in [0.717, 1.165) is 61.6 Å². The molecule has 0 atom stereocenters. The third-order valence-corrected chi connectivity index (χ3v) is 7.46. The molecule has 1 saturated heterocycles. The van der Waals surface area contributed by atoms with Crippen molar-refractivity contribution in [1.29, 1.82) is 0 Å². The highest BCUT2D eigenvalue weighted by molar-refractivity contribution is 6.00. The number of fused-ring (bicyclic) bond motifs is 1. The van der Waals surface area contributed by atoms with Crippen molar-refractivity contribution < 1.29 is 9.53 Å². The summed E-state index contributed by atoms with van der Waals surface area (Å²) in [5.41, 5.74) is 1.47. The maximum Gasteiger partial charge on any atom is 0.272 e. The zero-order chi connectivity index (χ0) is 18.7. The zero-order valence-electron chi connectivity index (χ0n) is 16.3. The van der Waals surface area contributed by atoms with Crippen LogP contribution in [-0.4, -0.2) is 47.1 Å². The Morgan fingerprint density at radius 1 is 1.07 bits per heavy atom. The molecule has 4 bridgehead atoms. The third kappa shape index (κ3) is 2.65. The number of aromatic nitrogens is 2. The number of rotatable bonds is 3. The van der Waals surface area contributed by atoms with Gasteiger partial charge in [0, 0.05) is 24.8 Å². The molecule has 2 aromatic rings. The first-order valence-corrected chi connectivity index (χ1v) is 10.8. The lowest BCUT2D eigenvalue weighted by atomic mass is 9.53. The number of carbonyl (C=O) groups excluding carboxylic acids is 1. The standard InChI is InChI=1S/C22H28N4O2/c27-20(24-22-12-15-9-16(13-22)11-17(10-15)14-22)19-18-3-1-2-4-26(18)21(23-19)25-5-7-28-8-6-25/h1-4,15-17H,5-14H2,(H,24,27). The summed E-state index contributed by atoms with van der Waals surface area (Å²) in [4.78, 5) is 20.5. The van der Waals surface area contributed by atoms with Crippen LogP contribution in [0.3, 0.4) is 0 Å². The number of hydrogen-bond acceptors (Lipinski definition) is 4. The highest BCUT2D eigenvalue weighted by Gasteiger charge is 2.51. The number of carbonyl (C=O) groups is 1. The SMILES string of the molecule is O=C(NC12CC3CC(CC(C3)C1)C2)c1nc(N2CCOCC2)n2ccccc12. The minimum absolute atomic E-state index is 0.00478. The van der Waals surface area contributed by atoms with Gasteiger partial charge in [-0.3, -0.25) is 9.20 Å². The van der Waals surface area contributed by atoms with Crippen molar-refractivity contribution in [2.75, 3.05) is 31.2 Å². The summed E-state index contributed by atoms with van der Waals surface area (Å²) in [6.45, 7) is 3.03. The zero-order valence-corrected chi connectivity index (χ0v) is 16.3. The van der Waals surface area contributed by atoms with Crippen LogP contribution in [0.25, 0.3) is 5.52 Å². The van der Waals surface area contributed by atoms with E-state index in [4.69, 9.17) is 9.72 Å². The molecule has 1 N–H and O–H groups in total. The van der Waals surface area contributed by atoms with Gasteiger partial charge in [-0.15, -0.1) is 0 Å². The quantitative estimate of drug-likeness (QED) is 0.890. The molecular weight excluding hydrogens is 352 g/mol. The van der Waals surface area contributed by atoms with E-state index in [1.807, 2.05) is 24.4 Å². The molecule has 148 valence electrons. The Bertz CT molecular complexity index is 879. The average Bonchev–Trinajstić information content (AvgIpc) is 3.07. The van der Waals surface area contributed by atoms with Crippen LogP contribution >= 0.6 is 0 Å². The normalized spacial score (nSPS) is 34.1. The van der Waals surface area contributed by atoms with Crippen LogP contribution in [0.2, 0.25) is 0 Å². The lowest BCUT2D eigenvalue weighted by Gasteiger charge is -2.56. The predicted molar refractivity (Wildman–Crippen MR) is 107 cm³/mol. The van der Waals surface area contributed by atoms with Crippen LogP contribution < -0.4 is 10.2 Å². The number of imidazole rings is 1. The second kappa shape index (κ2) is 6.21. The summed E-state index contributed by atoms with van der Waals surface area (Å²) in [6.07, 6.45) is 9.62. The summed E-state index contributed by atoms with van der Waals surface area (Å²) in [6, 6.07) is 5.99. The average molecular weight is 380 g/mol. The summed E-state index contributed by atoms with van der Waals surface area (Å²) in [5.74, 6) is 3.30. The summed E-state index contributed by atoms with van der Waals surface area (Å²) in [7, 11) is 0. The van der Waals surface area contributed by atoms with E-state index in [1.54, 1.807) is 0 Å². The van der Waals surface area contributed by atoms with Gasteiger partial charge in [-0.2, -0.15) is 0 Å². The van der Waals surface area contributed by atoms with E-state index in [0.29, 0.717) is 18.9 Å². The van der Waals surface area contributed by atoms with Gasteiger partial charge in [0.1, 0.15) is 0 Å². The molecule has 0 radical (unpaired) electrons. The number of hydrogen-bond donors (Lipinski definition) is 1. The van der Waals surface area contributed by atoms with E-state index in [9.17, 15) is 4.79 Å². The molecule has 6 heteroatoms. The van der Waals surface area contributed by atoms with Crippen LogP contribution in [0.1, 0.15) is 49.0 Å². The molecule has 1 amide bonds. The Hall–Kier alpha value is -2.08. The van der Waals surface area contributed by atoms with Gasteiger partial charge in [0.15, 0.2) is 5.69 Å². The molecule has 3 heterocycles. The van der Waals surface area contributed by atoms with Gasteiger partial charge in [-0.25, -0.2) is 4.98 Å². The Kier molecular flexibility index (Phi) is 3.73. The molecule has 28 heavy (non-hydrogen) atoms. The molecule has 7 rings (SSSR count). The molecule has 5 fully saturated rings. The van der Waals surface area contributed by atoms with Crippen LogP contribution in [-0.2, 0) is 4.74 Å². The number of pyridine rings is 1. The number of morpholine rings is 1. The van der Waals surface area contributed by atoms with Gasteiger partial charge < -0.3 is 15.0 Å². The summed E-state index contributed by atoms with van der Waals surface area (Å²) >= 11 is 0. The van der Waals surface area contributed by atoms with E-state index in [2.05, 4.69) is 14.6 Å². The molecule has 4 aliphatic carbocycles. The van der Waals surface area contributed by atoms with Gasteiger partial charge in [0.2, 0.25) is 5.95 Å². The Balaban J connectivity index is 1.33. The number of nitrogens with zero attached hydrogens (tertiary/aromatic N) is 3. The highest BCUT2D eigenvalue weighted by atomic mass is 16.5. The number of anilines is 1. The van der Waals surface area contributed by atoms with Crippen molar-refractivity contribution in [3.05, 3.63) is 30.1 Å². The number of ether oxygens (including phenoxy) is 1. The first-order chi connectivity index (χ1) is 13.7. The second-order valence-electron chi connectivity index (χ2n) is 9.47. The van der Waals surface area contributed by atoms with Crippen molar-refractivity contribution in [1.82, 2.24) is 14.7 Å². The van der Waals surface area contributed by atoms with Crippen molar-refractivity contribution >= 4 is 17.4 Å². The van der Waals surface area contributed by atoms with Crippen molar-refractivity contribution in [3.63, 3.8) is 0 Å². The van der Waals surface area contributed by atoms with Gasteiger partial charge in [-0.1, -0.05) is 6.07 Å². The number of amides is 1. The second-order valence-corrected chi connectivity index (χ2v) is 9.47. The topological polar surface area (TPSA) is 58.9 Å². The maximum absolute atomic E-state index is 13.4. The Morgan fingerprint density at radius 3 is 2.43 bits per heavy atom. The molecule has 6 nitrogen and oxygen atoms in total. The minimum Gasteiger partial charge on any atom is -0.378 e. The smallest absolute Gasteiger partial charge is 0.272 e. The van der Waals surface area contributed by atoms with Crippen LogP contribution in [0.15, 0.2) is 24.4 Å². The molecule has 0 unspecified atom stereocenters. The van der Waals surface area contributed by atoms with Crippen LogP contribution in [0.4, 0.5) is 5.95 Å². The third-order valence-electron chi connectivity index (χ3n) is 7.46. The Morgan fingerprint density at radius 2 is 1.75 bits per heavy atom. The van der Waals surface area contributed by atoms with Gasteiger partial charge in [-0.05, 0) is 68.4 Å². The molecule has 1 aliphatic heterocycles. The molecule has 5 aliphatic rings. The van der Waals surface area contributed by atoms with Crippen molar-refractivity contribution in [2.24, 2.45) is 17.8 Å². The molecule has 4 saturated carbocycles. The van der Waals surface area contributed by atoms with E-state index >= 15 is 0 Å². The molecule has 0 spiro atoms. The van der Waals surface area contributed by atoms with Gasteiger partial charge in [0.05, 0.1) is 18.7 Å². The van der Waals surface area contributed by atoms with Gasteiger partial charge in [0.25, 0.3) is 5.91 Å². The van der Waals surface area contributed by atoms with Crippen molar-refractivity contribution in [3.8, 4) is 0 Å². The fraction of sp³-hybridized carbons (Fsp3) is 0.636. The van der Waals surface area contributed by atoms with E-state index in [-0.39, 0.29) is 11.4 Å². The van der Waals surface area contributed by atoms with Crippen molar-refractivity contribution in [2.45, 2.75) is 44.1 Å². The lowest BCUT2D eigenvalue weighted by molar-refractivity contribution is -0.0167. The maximum atomic E-state index is 13.4. The molecule has 2 aromatic heterocycles. The highest BCUT2D eigenvalue weighted by Crippen LogP contribution is 2.55. The lowest BCUT2D eigenvalue weighted by Crippen LogP contribution is -2.59. The Labute approximate surface area is 165 Å². The van der Waals surface area contributed by atoms with E-state index < -0.39 is 0 Å². The largest absolute Gasteiger partial charge is 0.378 e. The summed E-state index contributed by atoms with van der Waals surface area (Å²) in [5, 5.41) is 3.49. The predicted octanol–water partition coefficient (Wildman–Crippen LogP) is 2.87. The fourth-order valence-corrected chi connectivity index (χ4v) is 6.74. The van der Waals surface area contributed by atoms with Crippen LogP contribution in [0.5, 0.6) is 0 Å².